The summed E-state index contributed by atoms with van der Waals surface area (Å²) in [6.45, 7) is 3.97. The number of hydrogen-bond acceptors (Lipinski definition) is 2. The van der Waals surface area contributed by atoms with E-state index >= 15 is 0 Å². The van der Waals surface area contributed by atoms with Crippen LogP contribution in [0.25, 0.3) is 0 Å². The van der Waals surface area contributed by atoms with E-state index in [-0.39, 0.29) is 6.61 Å². The topological polar surface area (TPSA) is 40.5 Å². The van der Waals surface area contributed by atoms with E-state index in [0.717, 1.165) is 6.42 Å². The van der Waals surface area contributed by atoms with E-state index in [0.29, 0.717) is 5.92 Å². The molecule has 0 bridgehead atoms. The molecule has 0 spiro atoms. The van der Waals surface area contributed by atoms with E-state index in [1.54, 1.807) is 6.08 Å². The monoisotopic (exact) mass is 144 g/mol. The summed E-state index contributed by atoms with van der Waals surface area (Å²) in [6.07, 6.45) is 3.93. The first-order chi connectivity index (χ1) is 4.70. The zero-order chi connectivity index (χ0) is 7.98. The Morgan fingerprint density at radius 2 is 2.00 bits per heavy atom. The Morgan fingerprint density at radius 3 is 2.40 bits per heavy atom. The molecule has 2 unspecified atom stereocenters. The van der Waals surface area contributed by atoms with Crippen LogP contribution in [0.3, 0.4) is 0 Å². The molecule has 0 aromatic carbocycles. The van der Waals surface area contributed by atoms with E-state index in [1.165, 1.54) is 0 Å². The van der Waals surface area contributed by atoms with Crippen LogP contribution < -0.4 is 0 Å². The average Bonchev–Trinajstić information content (AvgIpc) is 1.99. The maximum atomic E-state index is 8.87. The molecule has 2 atom stereocenters. The van der Waals surface area contributed by atoms with Crippen molar-refractivity contribution in [2.75, 3.05) is 6.61 Å². The van der Waals surface area contributed by atoms with Gasteiger partial charge in [0.2, 0.25) is 0 Å². The Balaban J connectivity index is 3.52. The van der Waals surface area contributed by atoms with E-state index in [9.17, 15) is 0 Å². The summed E-state index contributed by atoms with van der Waals surface area (Å²) < 4.78 is 0. The third-order valence-electron chi connectivity index (χ3n) is 1.49. The second-order valence-corrected chi connectivity index (χ2v) is 2.52. The standard InChI is InChI=1S/C8H16O2/c1-3-7(2)4-5-8(10)6-9/h4-5,7-10H,3,6H2,1-2H3. The largest absolute Gasteiger partial charge is 0.393 e. The number of aliphatic hydroxyl groups excluding tert-OH is 2. The first kappa shape index (κ1) is 9.66. The fourth-order valence-electron chi connectivity index (χ4n) is 0.515. The first-order valence-corrected chi connectivity index (χ1v) is 3.68. The summed E-state index contributed by atoms with van der Waals surface area (Å²) in [6, 6.07) is 0. The van der Waals surface area contributed by atoms with E-state index in [1.807, 2.05) is 6.08 Å². The molecule has 0 aliphatic heterocycles. The summed E-state index contributed by atoms with van der Waals surface area (Å²) >= 11 is 0. The van der Waals surface area contributed by atoms with E-state index in [2.05, 4.69) is 13.8 Å². The van der Waals surface area contributed by atoms with Crippen LogP contribution in [0.2, 0.25) is 0 Å². The molecule has 0 saturated heterocycles. The molecule has 2 heteroatoms. The Bertz CT molecular complexity index is 87.4. The SMILES string of the molecule is CCC(C)C=CC(O)CO. The second-order valence-electron chi connectivity index (χ2n) is 2.52. The molecular formula is C8H16O2. The Kier molecular flexibility index (Phi) is 5.26. The van der Waals surface area contributed by atoms with Crippen LogP contribution in [0.1, 0.15) is 20.3 Å². The van der Waals surface area contributed by atoms with Crippen LogP contribution in [-0.2, 0) is 0 Å². The van der Waals surface area contributed by atoms with Gasteiger partial charge in [0, 0.05) is 0 Å². The van der Waals surface area contributed by atoms with Crippen LogP contribution in [0.15, 0.2) is 12.2 Å². The molecule has 0 aromatic rings. The lowest BCUT2D eigenvalue weighted by molar-refractivity contribution is 0.130. The van der Waals surface area contributed by atoms with Gasteiger partial charge in [0.15, 0.2) is 0 Å². The molecule has 2 nitrogen and oxygen atoms in total. The molecule has 0 heterocycles. The molecule has 0 rings (SSSR count). The molecule has 60 valence electrons. The van der Waals surface area contributed by atoms with Crippen LogP contribution in [0.4, 0.5) is 0 Å². The molecule has 10 heavy (non-hydrogen) atoms. The molecule has 0 fully saturated rings. The Morgan fingerprint density at radius 1 is 1.40 bits per heavy atom. The number of rotatable bonds is 4. The van der Waals surface area contributed by atoms with Crippen molar-refractivity contribution in [1.82, 2.24) is 0 Å². The van der Waals surface area contributed by atoms with Crippen LogP contribution in [0, 0.1) is 5.92 Å². The summed E-state index contributed by atoms with van der Waals surface area (Å²) in [5.41, 5.74) is 0. The maximum Gasteiger partial charge on any atom is 0.0951 e. The van der Waals surface area contributed by atoms with Gasteiger partial charge in [-0.15, -0.1) is 0 Å². The highest BCUT2D eigenvalue weighted by Crippen LogP contribution is 2.02. The lowest BCUT2D eigenvalue weighted by atomic mass is 10.1. The maximum absolute atomic E-state index is 8.87. The van der Waals surface area contributed by atoms with Gasteiger partial charge in [-0.1, -0.05) is 32.4 Å². The Hall–Kier alpha value is -0.340. The smallest absolute Gasteiger partial charge is 0.0951 e. The van der Waals surface area contributed by atoms with Crippen molar-refractivity contribution in [2.24, 2.45) is 5.92 Å². The van der Waals surface area contributed by atoms with Crippen molar-refractivity contribution < 1.29 is 10.2 Å². The molecular weight excluding hydrogens is 128 g/mol. The minimum atomic E-state index is -0.686. The van der Waals surface area contributed by atoms with Crippen molar-refractivity contribution in [3.63, 3.8) is 0 Å². The van der Waals surface area contributed by atoms with Gasteiger partial charge in [-0.2, -0.15) is 0 Å². The minimum absolute atomic E-state index is 0.188. The predicted octanol–water partition coefficient (Wildman–Crippen LogP) is 0.942. The quantitative estimate of drug-likeness (QED) is 0.576. The number of aliphatic hydroxyl groups is 2. The van der Waals surface area contributed by atoms with Gasteiger partial charge in [-0.05, 0) is 5.92 Å². The fourth-order valence-corrected chi connectivity index (χ4v) is 0.515. The predicted molar refractivity (Wildman–Crippen MR) is 41.7 cm³/mol. The van der Waals surface area contributed by atoms with Crippen LogP contribution >= 0.6 is 0 Å². The van der Waals surface area contributed by atoms with Gasteiger partial charge < -0.3 is 10.2 Å². The van der Waals surface area contributed by atoms with Gasteiger partial charge in [0.1, 0.15) is 0 Å². The highest BCUT2D eigenvalue weighted by Gasteiger charge is 1.95. The van der Waals surface area contributed by atoms with Crippen LogP contribution in [-0.4, -0.2) is 22.9 Å². The van der Waals surface area contributed by atoms with E-state index in [4.69, 9.17) is 10.2 Å². The molecule has 0 amide bonds. The van der Waals surface area contributed by atoms with Crippen molar-refractivity contribution in [3.8, 4) is 0 Å². The van der Waals surface area contributed by atoms with Gasteiger partial charge in [-0.3, -0.25) is 0 Å². The normalized spacial score (nSPS) is 17.6. The van der Waals surface area contributed by atoms with Gasteiger partial charge in [0.05, 0.1) is 12.7 Å². The molecule has 0 saturated carbocycles. The van der Waals surface area contributed by atoms with Gasteiger partial charge >= 0.3 is 0 Å². The van der Waals surface area contributed by atoms with Crippen molar-refractivity contribution in [2.45, 2.75) is 26.4 Å². The third kappa shape index (κ3) is 4.53. The summed E-state index contributed by atoms with van der Waals surface area (Å²) in [4.78, 5) is 0. The van der Waals surface area contributed by atoms with Crippen molar-refractivity contribution in [3.05, 3.63) is 12.2 Å². The second kappa shape index (κ2) is 5.45. The number of allylic oxidation sites excluding steroid dienone is 1. The molecule has 0 aromatic heterocycles. The summed E-state index contributed by atoms with van der Waals surface area (Å²) in [5.74, 6) is 0.487. The summed E-state index contributed by atoms with van der Waals surface area (Å²) in [7, 11) is 0. The highest BCUT2D eigenvalue weighted by atomic mass is 16.3. The van der Waals surface area contributed by atoms with Gasteiger partial charge in [-0.25, -0.2) is 0 Å². The van der Waals surface area contributed by atoms with Crippen molar-refractivity contribution >= 4 is 0 Å². The minimum Gasteiger partial charge on any atom is -0.393 e. The third-order valence-corrected chi connectivity index (χ3v) is 1.49. The van der Waals surface area contributed by atoms with Gasteiger partial charge in [0.25, 0.3) is 0 Å². The first-order valence-electron chi connectivity index (χ1n) is 3.68. The molecule has 0 aliphatic rings. The van der Waals surface area contributed by atoms with Crippen molar-refractivity contribution in [1.29, 1.82) is 0 Å². The summed E-state index contributed by atoms with van der Waals surface area (Å²) in [5, 5.41) is 17.3. The molecule has 0 aliphatic carbocycles. The van der Waals surface area contributed by atoms with Crippen LogP contribution in [0.5, 0.6) is 0 Å². The number of hydrogen-bond donors (Lipinski definition) is 2. The molecule has 2 N–H and O–H groups in total. The lowest BCUT2D eigenvalue weighted by Crippen LogP contribution is -2.07. The highest BCUT2D eigenvalue weighted by molar-refractivity contribution is 4.91. The fraction of sp³-hybridized carbons (Fsp3) is 0.750. The average molecular weight is 144 g/mol. The zero-order valence-corrected chi connectivity index (χ0v) is 6.62. The van der Waals surface area contributed by atoms with E-state index < -0.39 is 6.10 Å². The lowest BCUT2D eigenvalue weighted by Gasteiger charge is -2.02. The zero-order valence-electron chi connectivity index (χ0n) is 6.62. The molecule has 0 radical (unpaired) electrons. The Labute approximate surface area is 62.2 Å².